The number of anilines is 2. The smallest absolute Gasteiger partial charge is 0.221 e. The molecule has 0 aliphatic carbocycles. The molecule has 4 aromatic rings. The molecular weight excluding hydrogens is 322 g/mol. The standard InChI is InChI=1S/C22H19N3O/c1-13-19(15-3-7-18(8-4-15)25-14(2)26)9-5-16-12-24-21-10-6-17(23)11-20(21)22(13)16/h3-12H,23H2,1-2H3,(H,25,26). The number of hydrogen-bond donors (Lipinski definition) is 2. The van der Waals surface area contributed by atoms with E-state index in [1.54, 1.807) is 0 Å². The van der Waals surface area contributed by atoms with Crippen molar-refractivity contribution in [1.82, 2.24) is 4.98 Å². The second-order valence-electron chi connectivity index (χ2n) is 6.50. The van der Waals surface area contributed by atoms with E-state index in [0.717, 1.165) is 38.8 Å². The first-order chi connectivity index (χ1) is 12.5. The molecule has 1 heterocycles. The van der Waals surface area contributed by atoms with Gasteiger partial charge in [0.1, 0.15) is 0 Å². The lowest BCUT2D eigenvalue weighted by Crippen LogP contribution is -2.05. The number of hydrogen-bond acceptors (Lipinski definition) is 3. The predicted molar refractivity (Wildman–Crippen MR) is 108 cm³/mol. The van der Waals surface area contributed by atoms with E-state index < -0.39 is 0 Å². The van der Waals surface area contributed by atoms with Gasteiger partial charge in [-0.1, -0.05) is 24.3 Å². The van der Waals surface area contributed by atoms with Crippen molar-refractivity contribution in [2.24, 2.45) is 0 Å². The van der Waals surface area contributed by atoms with Gasteiger partial charge in [0, 0.05) is 35.3 Å². The second kappa shape index (κ2) is 6.15. The van der Waals surface area contributed by atoms with Crippen LogP contribution in [0.15, 0.2) is 60.8 Å². The van der Waals surface area contributed by atoms with Gasteiger partial charge in [0.15, 0.2) is 0 Å². The summed E-state index contributed by atoms with van der Waals surface area (Å²) < 4.78 is 0. The number of carbonyl (C=O) groups is 1. The Morgan fingerprint density at radius 1 is 1.04 bits per heavy atom. The lowest BCUT2D eigenvalue weighted by atomic mass is 9.93. The van der Waals surface area contributed by atoms with Gasteiger partial charge in [-0.2, -0.15) is 0 Å². The highest BCUT2D eigenvalue weighted by molar-refractivity contribution is 6.10. The van der Waals surface area contributed by atoms with Crippen LogP contribution in [-0.2, 0) is 4.79 Å². The molecule has 0 bridgehead atoms. The average Bonchev–Trinajstić information content (AvgIpc) is 2.62. The van der Waals surface area contributed by atoms with E-state index in [0.29, 0.717) is 0 Å². The predicted octanol–water partition coefficient (Wildman–Crippen LogP) is 4.90. The number of nitrogens with one attached hydrogen (secondary N) is 1. The summed E-state index contributed by atoms with van der Waals surface area (Å²) in [5, 5.41) is 6.13. The van der Waals surface area contributed by atoms with E-state index in [1.165, 1.54) is 17.9 Å². The molecule has 0 saturated carbocycles. The third-order valence-electron chi connectivity index (χ3n) is 4.65. The van der Waals surface area contributed by atoms with E-state index in [9.17, 15) is 4.79 Å². The van der Waals surface area contributed by atoms with E-state index in [2.05, 4.69) is 29.4 Å². The van der Waals surface area contributed by atoms with Gasteiger partial charge in [0.25, 0.3) is 0 Å². The van der Waals surface area contributed by atoms with Gasteiger partial charge in [-0.25, -0.2) is 0 Å². The number of pyridine rings is 1. The summed E-state index contributed by atoms with van der Waals surface area (Å²) in [6.07, 6.45) is 1.91. The molecule has 1 aromatic heterocycles. The maximum absolute atomic E-state index is 11.2. The van der Waals surface area contributed by atoms with Gasteiger partial charge in [0.05, 0.1) is 5.52 Å². The highest BCUT2D eigenvalue weighted by Crippen LogP contribution is 2.34. The van der Waals surface area contributed by atoms with Gasteiger partial charge in [-0.05, 0) is 59.3 Å². The van der Waals surface area contributed by atoms with Crippen LogP contribution in [0.25, 0.3) is 32.8 Å². The number of nitrogens with two attached hydrogens (primary N) is 1. The first-order valence-electron chi connectivity index (χ1n) is 8.48. The maximum Gasteiger partial charge on any atom is 0.221 e. The Morgan fingerprint density at radius 3 is 2.54 bits per heavy atom. The molecule has 3 aromatic carbocycles. The molecule has 0 atom stereocenters. The number of nitrogen functional groups attached to an aromatic ring is 1. The lowest BCUT2D eigenvalue weighted by molar-refractivity contribution is -0.114. The summed E-state index contributed by atoms with van der Waals surface area (Å²) in [6.45, 7) is 3.63. The van der Waals surface area contributed by atoms with Crippen molar-refractivity contribution in [1.29, 1.82) is 0 Å². The number of carbonyl (C=O) groups excluding carboxylic acids is 1. The quantitative estimate of drug-likeness (QED) is 0.402. The second-order valence-corrected chi connectivity index (χ2v) is 6.50. The molecule has 128 valence electrons. The summed E-state index contributed by atoms with van der Waals surface area (Å²) >= 11 is 0. The Balaban J connectivity index is 1.91. The molecule has 3 N–H and O–H groups in total. The van der Waals surface area contributed by atoms with Crippen LogP contribution in [0, 0.1) is 6.92 Å². The fourth-order valence-electron chi connectivity index (χ4n) is 3.45. The first-order valence-corrected chi connectivity index (χ1v) is 8.48. The largest absolute Gasteiger partial charge is 0.399 e. The van der Waals surface area contributed by atoms with Crippen LogP contribution < -0.4 is 11.1 Å². The number of amides is 1. The van der Waals surface area contributed by atoms with Crippen LogP contribution >= 0.6 is 0 Å². The number of rotatable bonds is 2. The van der Waals surface area contributed by atoms with Crippen molar-refractivity contribution in [3.05, 3.63) is 66.4 Å². The molecule has 0 spiro atoms. The van der Waals surface area contributed by atoms with Gasteiger partial charge in [-0.3, -0.25) is 9.78 Å². The molecule has 0 fully saturated rings. The Morgan fingerprint density at radius 2 is 1.81 bits per heavy atom. The van der Waals surface area contributed by atoms with Crippen molar-refractivity contribution in [3.63, 3.8) is 0 Å². The van der Waals surface area contributed by atoms with Crippen LogP contribution in [-0.4, -0.2) is 10.9 Å². The summed E-state index contributed by atoms with van der Waals surface area (Å²) in [5.41, 5.74) is 11.9. The monoisotopic (exact) mass is 341 g/mol. The normalized spacial score (nSPS) is 11.0. The number of aryl methyl sites for hydroxylation is 1. The zero-order chi connectivity index (χ0) is 18.3. The average molecular weight is 341 g/mol. The van der Waals surface area contributed by atoms with Crippen LogP contribution in [0.1, 0.15) is 12.5 Å². The Kier molecular flexibility index (Phi) is 3.81. The summed E-state index contributed by atoms with van der Waals surface area (Å²) in [4.78, 5) is 15.7. The van der Waals surface area contributed by atoms with Crippen molar-refractivity contribution in [3.8, 4) is 11.1 Å². The molecule has 4 heteroatoms. The fraction of sp³-hybridized carbons (Fsp3) is 0.0909. The topological polar surface area (TPSA) is 68.0 Å². The zero-order valence-electron chi connectivity index (χ0n) is 14.7. The van der Waals surface area contributed by atoms with Crippen LogP contribution in [0.4, 0.5) is 11.4 Å². The minimum Gasteiger partial charge on any atom is -0.399 e. The summed E-state index contributed by atoms with van der Waals surface area (Å²) in [6, 6.07) is 17.9. The minimum atomic E-state index is -0.0730. The number of nitrogens with zero attached hydrogens (tertiary/aromatic N) is 1. The number of benzene rings is 3. The van der Waals surface area contributed by atoms with Gasteiger partial charge in [-0.15, -0.1) is 0 Å². The first kappa shape index (κ1) is 16.1. The molecule has 0 saturated heterocycles. The van der Waals surface area contributed by atoms with Crippen LogP contribution in [0.2, 0.25) is 0 Å². The Labute approximate surface area is 151 Å². The fourth-order valence-corrected chi connectivity index (χ4v) is 3.45. The van der Waals surface area contributed by atoms with Crippen molar-refractivity contribution in [2.45, 2.75) is 13.8 Å². The third kappa shape index (κ3) is 2.75. The number of fused-ring (bicyclic) bond motifs is 3. The Hall–Kier alpha value is -3.40. The van der Waals surface area contributed by atoms with E-state index >= 15 is 0 Å². The molecule has 4 nitrogen and oxygen atoms in total. The molecular formula is C22H19N3O. The van der Waals surface area contributed by atoms with E-state index in [-0.39, 0.29) is 5.91 Å². The molecule has 0 aliphatic rings. The van der Waals surface area contributed by atoms with E-state index in [4.69, 9.17) is 5.73 Å². The molecule has 26 heavy (non-hydrogen) atoms. The van der Waals surface area contributed by atoms with Gasteiger partial charge < -0.3 is 11.1 Å². The van der Waals surface area contributed by atoms with Crippen molar-refractivity contribution < 1.29 is 4.79 Å². The van der Waals surface area contributed by atoms with Crippen LogP contribution in [0.3, 0.4) is 0 Å². The molecule has 1 amide bonds. The van der Waals surface area contributed by atoms with E-state index in [1.807, 2.05) is 48.7 Å². The summed E-state index contributed by atoms with van der Waals surface area (Å²) in [7, 11) is 0. The molecule has 0 aliphatic heterocycles. The van der Waals surface area contributed by atoms with Crippen molar-refractivity contribution in [2.75, 3.05) is 11.1 Å². The van der Waals surface area contributed by atoms with Crippen molar-refractivity contribution >= 4 is 39.0 Å². The SMILES string of the molecule is CC(=O)Nc1ccc(-c2ccc3cnc4ccc(N)cc4c3c2C)cc1. The minimum absolute atomic E-state index is 0.0730. The number of aromatic nitrogens is 1. The van der Waals surface area contributed by atoms with Gasteiger partial charge >= 0.3 is 0 Å². The van der Waals surface area contributed by atoms with Crippen LogP contribution in [0.5, 0.6) is 0 Å². The molecule has 0 unspecified atom stereocenters. The molecule has 0 radical (unpaired) electrons. The maximum atomic E-state index is 11.2. The Bertz CT molecular complexity index is 1150. The zero-order valence-corrected chi connectivity index (χ0v) is 14.7. The third-order valence-corrected chi connectivity index (χ3v) is 4.65. The summed E-state index contributed by atoms with van der Waals surface area (Å²) in [5.74, 6) is -0.0730. The molecule has 4 rings (SSSR count). The highest BCUT2D eigenvalue weighted by atomic mass is 16.1. The lowest BCUT2D eigenvalue weighted by Gasteiger charge is -2.13. The van der Waals surface area contributed by atoms with Gasteiger partial charge in [0.2, 0.25) is 5.91 Å². The highest BCUT2D eigenvalue weighted by Gasteiger charge is 2.10.